The zero-order valence-electron chi connectivity index (χ0n) is 11.3. The highest BCUT2D eigenvalue weighted by Crippen LogP contribution is 2.25. The van der Waals surface area contributed by atoms with Crippen molar-refractivity contribution in [2.75, 3.05) is 17.7 Å². The second kappa shape index (κ2) is 6.45. The molecule has 0 fully saturated rings. The zero-order valence-corrected chi connectivity index (χ0v) is 12.1. The molecule has 2 aromatic rings. The van der Waals surface area contributed by atoms with Crippen LogP contribution in [-0.2, 0) is 0 Å². The van der Waals surface area contributed by atoms with Crippen LogP contribution in [0.1, 0.15) is 17.3 Å². The van der Waals surface area contributed by atoms with Gasteiger partial charge in [-0.25, -0.2) is 4.39 Å². The van der Waals surface area contributed by atoms with E-state index in [0.29, 0.717) is 23.6 Å². The van der Waals surface area contributed by atoms with Crippen molar-refractivity contribution in [3.05, 3.63) is 52.8 Å². The molecule has 0 radical (unpaired) electrons. The standard InChI is InChI=1S/C15H14ClFN2O2/c1-2-21-13-7-6-9(8-11(13)18)15(20)19-12-5-3-4-10(16)14(12)17/h3-8H,2,18H2,1H3,(H,19,20). The van der Waals surface area contributed by atoms with Crippen LogP contribution in [0.4, 0.5) is 15.8 Å². The number of amides is 1. The van der Waals surface area contributed by atoms with Crippen molar-refractivity contribution in [2.45, 2.75) is 6.92 Å². The highest BCUT2D eigenvalue weighted by molar-refractivity contribution is 6.31. The fraction of sp³-hybridized carbons (Fsp3) is 0.133. The van der Waals surface area contributed by atoms with E-state index in [2.05, 4.69) is 5.32 Å². The van der Waals surface area contributed by atoms with Crippen LogP contribution < -0.4 is 15.8 Å². The smallest absolute Gasteiger partial charge is 0.255 e. The van der Waals surface area contributed by atoms with E-state index in [1.165, 1.54) is 18.2 Å². The molecule has 0 spiro atoms. The molecule has 21 heavy (non-hydrogen) atoms. The number of hydrogen-bond donors (Lipinski definition) is 2. The number of nitrogens with two attached hydrogens (primary N) is 1. The molecule has 0 aliphatic heterocycles. The Balaban J connectivity index is 2.21. The zero-order chi connectivity index (χ0) is 15.4. The van der Waals surface area contributed by atoms with Gasteiger partial charge in [0.2, 0.25) is 0 Å². The van der Waals surface area contributed by atoms with Crippen molar-refractivity contribution in [1.82, 2.24) is 0 Å². The van der Waals surface area contributed by atoms with Gasteiger partial charge in [-0.3, -0.25) is 4.79 Å². The van der Waals surface area contributed by atoms with Crippen LogP contribution in [0, 0.1) is 5.82 Å². The van der Waals surface area contributed by atoms with Crippen LogP contribution in [0.25, 0.3) is 0 Å². The van der Waals surface area contributed by atoms with Crippen molar-refractivity contribution in [2.24, 2.45) is 0 Å². The van der Waals surface area contributed by atoms with Crippen LogP contribution >= 0.6 is 11.6 Å². The minimum atomic E-state index is -0.675. The quantitative estimate of drug-likeness (QED) is 0.846. The molecule has 110 valence electrons. The van der Waals surface area contributed by atoms with Crippen LogP contribution in [0.3, 0.4) is 0 Å². The molecule has 1 amide bonds. The van der Waals surface area contributed by atoms with Crippen LogP contribution in [0.5, 0.6) is 5.75 Å². The highest BCUT2D eigenvalue weighted by atomic mass is 35.5. The average molecular weight is 309 g/mol. The summed E-state index contributed by atoms with van der Waals surface area (Å²) in [5.74, 6) is -0.652. The largest absolute Gasteiger partial charge is 0.492 e. The SMILES string of the molecule is CCOc1ccc(C(=O)Nc2cccc(Cl)c2F)cc1N. The van der Waals surface area contributed by atoms with E-state index in [-0.39, 0.29) is 10.7 Å². The minimum absolute atomic E-state index is 0.0138. The lowest BCUT2D eigenvalue weighted by atomic mass is 10.1. The van der Waals surface area contributed by atoms with E-state index in [0.717, 1.165) is 0 Å². The molecule has 3 N–H and O–H groups in total. The summed E-state index contributed by atoms with van der Waals surface area (Å²) in [6, 6.07) is 9.01. The van der Waals surface area contributed by atoms with Gasteiger partial charge in [-0.05, 0) is 37.3 Å². The first-order valence-corrected chi connectivity index (χ1v) is 6.68. The van der Waals surface area contributed by atoms with Gasteiger partial charge in [0.05, 0.1) is 23.0 Å². The maximum absolute atomic E-state index is 13.7. The lowest BCUT2D eigenvalue weighted by Gasteiger charge is -2.10. The molecule has 0 saturated carbocycles. The van der Waals surface area contributed by atoms with E-state index in [1.807, 2.05) is 6.92 Å². The van der Waals surface area contributed by atoms with Crippen LogP contribution in [0.2, 0.25) is 5.02 Å². The molecule has 0 bridgehead atoms. The molecular weight excluding hydrogens is 295 g/mol. The van der Waals surface area contributed by atoms with Gasteiger partial charge < -0.3 is 15.8 Å². The molecule has 0 aromatic heterocycles. The first-order chi connectivity index (χ1) is 10.0. The van der Waals surface area contributed by atoms with Crippen LogP contribution in [-0.4, -0.2) is 12.5 Å². The summed E-state index contributed by atoms with van der Waals surface area (Å²) in [5.41, 5.74) is 6.45. The molecule has 0 aliphatic rings. The number of anilines is 2. The number of hydrogen-bond acceptors (Lipinski definition) is 3. The number of benzene rings is 2. The van der Waals surface area contributed by atoms with Crippen molar-refractivity contribution in [3.8, 4) is 5.75 Å². The normalized spacial score (nSPS) is 10.2. The third-order valence-corrected chi connectivity index (χ3v) is 3.06. The van der Waals surface area contributed by atoms with Gasteiger partial charge in [0.1, 0.15) is 5.75 Å². The summed E-state index contributed by atoms with van der Waals surface area (Å²) >= 11 is 5.66. The first kappa shape index (κ1) is 15.1. The lowest BCUT2D eigenvalue weighted by molar-refractivity contribution is 0.102. The highest BCUT2D eigenvalue weighted by Gasteiger charge is 2.12. The average Bonchev–Trinajstić information content (AvgIpc) is 2.46. The third kappa shape index (κ3) is 3.44. The summed E-state index contributed by atoms with van der Waals surface area (Å²) < 4.78 is 19.0. The summed E-state index contributed by atoms with van der Waals surface area (Å²) in [5, 5.41) is 2.39. The topological polar surface area (TPSA) is 64.3 Å². The van der Waals surface area contributed by atoms with Crippen molar-refractivity contribution in [1.29, 1.82) is 0 Å². The van der Waals surface area contributed by atoms with Crippen molar-refractivity contribution < 1.29 is 13.9 Å². The number of carbonyl (C=O) groups excluding carboxylic acids is 1. The van der Waals surface area contributed by atoms with Crippen molar-refractivity contribution in [3.63, 3.8) is 0 Å². The Morgan fingerprint density at radius 1 is 1.38 bits per heavy atom. The molecule has 4 nitrogen and oxygen atoms in total. The number of nitrogens with one attached hydrogen (secondary N) is 1. The summed E-state index contributed by atoms with van der Waals surface area (Å²) in [6.07, 6.45) is 0. The van der Waals surface area contributed by atoms with E-state index in [9.17, 15) is 9.18 Å². The molecule has 0 unspecified atom stereocenters. The molecule has 0 heterocycles. The van der Waals surface area contributed by atoms with Crippen molar-refractivity contribution >= 4 is 28.9 Å². The fourth-order valence-corrected chi connectivity index (χ4v) is 1.95. The van der Waals surface area contributed by atoms with E-state index in [4.69, 9.17) is 22.1 Å². The number of rotatable bonds is 4. The number of ether oxygens (including phenoxy) is 1. The third-order valence-electron chi connectivity index (χ3n) is 2.77. The Morgan fingerprint density at radius 2 is 2.14 bits per heavy atom. The molecule has 2 aromatic carbocycles. The molecule has 0 aliphatic carbocycles. The van der Waals surface area contributed by atoms with Gasteiger partial charge in [-0.1, -0.05) is 17.7 Å². The maximum atomic E-state index is 13.7. The molecular formula is C15H14ClFN2O2. The number of halogens is 2. The Bertz CT molecular complexity index is 677. The van der Waals surface area contributed by atoms with Gasteiger partial charge >= 0.3 is 0 Å². The minimum Gasteiger partial charge on any atom is -0.492 e. The Hall–Kier alpha value is -2.27. The van der Waals surface area contributed by atoms with Gasteiger partial charge in [0.15, 0.2) is 5.82 Å². The summed E-state index contributed by atoms with van der Waals surface area (Å²) in [4.78, 5) is 12.1. The molecule has 0 atom stereocenters. The monoisotopic (exact) mass is 308 g/mol. The summed E-state index contributed by atoms with van der Waals surface area (Å²) in [6.45, 7) is 2.31. The number of carbonyl (C=O) groups is 1. The molecule has 2 rings (SSSR count). The number of nitrogen functional groups attached to an aromatic ring is 1. The van der Waals surface area contributed by atoms with Gasteiger partial charge in [-0.2, -0.15) is 0 Å². The van der Waals surface area contributed by atoms with Gasteiger partial charge in [-0.15, -0.1) is 0 Å². The van der Waals surface area contributed by atoms with Gasteiger partial charge in [0, 0.05) is 5.56 Å². The van der Waals surface area contributed by atoms with E-state index < -0.39 is 11.7 Å². The predicted molar refractivity (Wildman–Crippen MR) is 81.4 cm³/mol. The van der Waals surface area contributed by atoms with Crippen LogP contribution in [0.15, 0.2) is 36.4 Å². The Morgan fingerprint density at radius 3 is 2.81 bits per heavy atom. The Kier molecular flexibility index (Phi) is 4.65. The molecule has 6 heteroatoms. The second-order valence-electron chi connectivity index (χ2n) is 4.24. The predicted octanol–water partition coefficient (Wildman–Crippen LogP) is 3.71. The van der Waals surface area contributed by atoms with E-state index in [1.54, 1.807) is 18.2 Å². The maximum Gasteiger partial charge on any atom is 0.255 e. The second-order valence-corrected chi connectivity index (χ2v) is 4.65. The first-order valence-electron chi connectivity index (χ1n) is 6.30. The van der Waals surface area contributed by atoms with E-state index >= 15 is 0 Å². The summed E-state index contributed by atoms with van der Waals surface area (Å²) in [7, 11) is 0. The lowest BCUT2D eigenvalue weighted by Crippen LogP contribution is -2.13. The Labute approximate surface area is 126 Å². The fourth-order valence-electron chi connectivity index (χ4n) is 1.77. The van der Waals surface area contributed by atoms with Gasteiger partial charge in [0.25, 0.3) is 5.91 Å². The molecule has 0 saturated heterocycles.